The number of aromatic nitrogens is 1. The number of likely N-dealkylation sites (tertiary alicyclic amines) is 1. The highest BCUT2D eigenvalue weighted by atomic mass is 16.2. The Balaban J connectivity index is 1.75. The molecule has 1 aromatic heterocycles. The topological polar surface area (TPSA) is 79.2 Å². The second-order valence-corrected chi connectivity index (χ2v) is 6.72. The molecule has 2 fully saturated rings. The Bertz CT molecular complexity index is 637. The number of nitrogens with one attached hydrogen (secondary N) is 1. The predicted octanol–water partition coefficient (Wildman–Crippen LogP) is 0.874. The fourth-order valence-electron chi connectivity index (χ4n) is 3.89. The van der Waals surface area contributed by atoms with Gasteiger partial charge in [0.2, 0.25) is 5.91 Å². The number of hydrogen-bond acceptors (Lipinski definition) is 3. The van der Waals surface area contributed by atoms with Gasteiger partial charge in [0, 0.05) is 29.9 Å². The lowest BCUT2D eigenvalue weighted by Crippen LogP contribution is -2.45. The lowest BCUT2D eigenvalue weighted by Gasteiger charge is -2.23. The summed E-state index contributed by atoms with van der Waals surface area (Å²) in [6, 6.07) is 1.91. The van der Waals surface area contributed by atoms with E-state index in [-0.39, 0.29) is 23.4 Å². The first-order valence-corrected chi connectivity index (χ1v) is 7.65. The molecular formula is C16H23N3O2. The van der Waals surface area contributed by atoms with E-state index in [0.717, 1.165) is 30.6 Å². The van der Waals surface area contributed by atoms with Crippen molar-refractivity contribution in [2.75, 3.05) is 13.1 Å². The number of carbonyl (C=O) groups excluding carboxylic acids is 1. The van der Waals surface area contributed by atoms with Crippen LogP contribution < -0.4 is 11.3 Å². The highest BCUT2D eigenvalue weighted by Gasteiger charge is 2.47. The van der Waals surface area contributed by atoms with Crippen molar-refractivity contribution in [2.45, 2.75) is 45.1 Å². The molecule has 3 N–H and O–H groups in total. The number of amides is 1. The first-order valence-electron chi connectivity index (χ1n) is 7.65. The molecule has 114 valence electrons. The van der Waals surface area contributed by atoms with E-state index in [4.69, 9.17) is 5.73 Å². The zero-order valence-corrected chi connectivity index (χ0v) is 12.7. The minimum absolute atomic E-state index is 0.0201. The standard InChI is InChI=1S/C16H23N3O2/c1-10-6-11(2)18-15(21)13(10)7-14(20)19-8-12-4-3-5-16(12,17)9-19/h6,12H,3-5,7-9,17H2,1-2H3,(H,18,21). The molecule has 1 saturated heterocycles. The minimum atomic E-state index is -0.190. The molecule has 0 aromatic carbocycles. The van der Waals surface area contributed by atoms with Gasteiger partial charge in [-0.1, -0.05) is 6.42 Å². The quantitative estimate of drug-likeness (QED) is 0.848. The fraction of sp³-hybridized carbons (Fsp3) is 0.625. The van der Waals surface area contributed by atoms with Crippen LogP contribution in [0, 0.1) is 19.8 Å². The average molecular weight is 289 g/mol. The van der Waals surface area contributed by atoms with Crippen molar-refractivity contribution in [1.82, 2.24) is 9.88 Å². The molecule has 2 atom stereocenters. The summed E-state index contributed by atoms with van der Waals surface area (Å²) in [5, 5.41) is 0. The van der Waals surface area contributed by atoms with Crippen molar-refractivity contribution in [1.29, 1.82) is 0 Å². The zero-order chi connectivity index (χ0) is 15.2. The molecule has 1 saturated carbocycles. The number of aryl methyl sites for hydroxylation is 2. The number of pyridine rings is 1. The van der Waals surface area contributed by atoms with E-state index in [1.807, 2.05) is 24.8 Å². The van der Waals surface area contributed by atoms with E-state index in [1.54, 1.807) is 0 Å². The van der Waals surface area contributed by atoms with Crippen LogP contribution in [0.3, 0.4) is 0 Å². The number of aromatic amines is 1. The molecule has 2 aliphatic rings. The van der Waals surface area contributed by atoms with E-state index in [0.29, 0.717) is 18.0 Å². The molecule has 1 aromatic rings. The Kier molecular flexibility index (Phi) is 3.40. The van der Waals surface area contributed by atoms with E-state index in [2.05, 4.69) is 4.98 Å². The first-order chi connectivity index (χ1) is 9.89. The van der Waals surface area contributed by atoms with Gasteiger partial charge in [0.1, 0.15) is 0 Å². The van der Waals surface area contributed by atoms with Crippen LogP contribution in [-0.4, -0.2) is 34.4 Å². The van der Waals surface area contributed by atoms with Gasteiger partial charge in [0.05, 0.1) is 6.42 Å². The minimum Gasteiger partial charge on any atom is -0.340 e. The summed E-state index contributed by atoms with van der Waals surface area (Å²) in [5.74, 6) is 0.450. The molecule has 3 rings (SSSR count). The van der Waals surface area contributed by atoms with E-state index in [1.165, 1.54) is 6.42 Å². The Hall–Kier alpha value is -1.62. The summed E-state index contributed by atoms with van der Waals surface area (Å²) < 4.78 is 0. The maximum Gasteiger partial charge on any atom is 0.252 e. The highest BCUT2D eigenvalue weighted by Crippen LogP contribution is 2.39. The van der Waals surface area contributed by atoms with Gasteiger partial charge in [-0.15, -0.1) is 0 Å². The molecule has 2 unspecified atom stereocenters. The van der Waals surface area contributed by atoms with Crippen molar-refractivity contribution >= 4 is 5.91 Å². The molecule has 21 heavy (non-hydrogen) atoms. The number of fused-ring (bicyclic) bond motifs is 1. The second-order valence-electron chi connectivity index (χ2n) is 6.72. The molecule has 0 spiro atoms. The van der Waals surface area contributed by atoms with Crippen LogP contribution in [0.2, 0.25) is 0 Å². The first kappa shape index (κ1) is 14.3. The number of nitrogens with zero attached hydrogens (tertiary/aromatic N) is 1. The molecule has 5 heteroatoms. The maximum absolute atomic E-state index is 12.5. The Morgan fingerprint density at radius 2 is 2.29 bits per heavy atom. The van der Waals surface area contributed by atoms with Gasteiger partial charge in [-0.05, 0) is 44.2 Å². The smallest absolute Gasteiger partial charge is 0.252 e. The fourth-order valence-corrected chi connectivity index (χ4v) is 3.89. The molecule has 0 bridgehead atoms. The van der Waals surface area contributed by atoms with Gasteiger partial charge in [-0.25, -0.2) is 0 Å². The van der Waals surface area contributed by atoms with Crippen LogP contribution in [0.25, 0.3) is 0 Å². The molecule has 5 nitrogen and oxygen atoms in total. The molecule has 2 heterocycles. The molecule has 1 amide bonds. The number of hydrogen-bond donors (Lipinski definition) is 2. The van der Waals surface area contributed by atoms with Gasteiger partial charge in [-0.3, -0.25) is 9.59 Å². The summed E-state index contributed by atoms with van der Waals surface area (Å²) >= 11 is 0. The maximum atomic E-state index is 12.5. The summed E-state index contributed by atoms with van der Waals surface area (Å²) in [4.78, 5) is 29.1. The number of rotatable bonds is 2. The largest absolute Gasteiger partial charge is 0.340 e. The van der Waals surface area contributed by atoms with E-state index in [9.17, 15) is 9.59 Å². The van der Waals surface area contributed by atoms with Gasteiger partial charge < -0.3 is 15.6 Å². The van der Waals surface area contributed by atoms with Crippen LogP contribution in [0.15, 0.2) is 10.9 Å². The summed E-state index contributed by atoms with van der Waals surface area (Å²) in [6.45, 7) is 5.12. The lowest BCUT2D eigenvalue weighted by atomic mass is 9.92. The molecular weight excluding hydrogens is 266 g/mol. The number of H-pyrrole nitrogens is 1. The zero-order valence-electron chi connectivity index (χ0n) is 12.7. The van der Waals surface area contributed by atoms with E-state index < -0.39 is 0 Å². The number of carbonyl (C=O) groups is 1. The van der Waals surface area contributed by atoms with Gasteiger partial charge in [0.25, 0.3) is 5.56 Å². The van der Waals surface area contributed by atoms with Gasteiger partial charge >= 0.3 is 0 Å². The Morgan fingerprint density at radius 1 is 1.52 bits per heavy atom. The lowest BCUT2D eigenvalue weighted by molar-refractivity contribution is -0.129. The highest BCUT2D eigenvalue weighted by molar-refractivity contribution is 5.79. The SMILES string of the molecule is Cc1cc(C)c(CC(=O)N2CC3CCCC3(N)C2)c(=O)[nH]1. The van der Waals surface area contributed by atoms with Crippen LogP contribution in [0.5, 0.6) is 0 Å². The summed E-state index contributed by atoms with van der Waals surface area (Å²) in [6.07, 6.45) is 3.46. The van der Waals surface area contributed by atoms with Gasteiger partial charge in [0.15, 0.2) is 0 Å². The van der Waals surface area contributed by atoms with Gasteiger partial charge in [-0.2, -0.15) is 0 Å². The second kappa shape index (κ2) is 4.98. The third kappa shape index (κ3) is 2.50. The van der Waals surface area contributed by atoms with Crippen molar-refractivity contribution in [2.24, 2.45) is 11.7 Å². The summed E-state index contributed by atoms with van der Waals surface area (Å²) in [7, 11) is 0. The molecule has 1 aliphatic carbocycles. The number of nitrogens with two attached hydrogens (primary N) is 1. The molecule has 0 radical (unpaired) electrons. The van der Waals surface area contributed by atoms with Crippen LogP contribution in [-0.2, 0) is 11.2 Å². The van der Waals surface area contributed by atoms with Crippen LogP contribution in [0.1, 0.15) is 36.1 Å². The van der Waals surface area contributed by atoms with Crippen molar-refractivity contribution in [3.63, 3.8) is 0 Å². The monoisotopic (exact) mass is 289 g/mol. The summed E-state index contributed by atoms with van der Waals surface area (Å²) in [5.41, 5.74) is 8.35. The van der Waals surface area contributed by atoms with Crippen LogP contribution >= 0.6 is 0 Å². The Labute approximate surface area is 124 Å². The average Bonchev–Trinajstić information content (AvgIpc) is 2.88. The normalized spacial score (nSPS) is 28.0. The third-order valence-corrected chi connectivity index (χ3v) is 5.11. The molecule has 1 aliphatic heterocycles. The Morgan fingerprint density at radius 3 is 2.95 bits per heavy atom. The van der Waals surface area contributed by atoms with Crippen molar-refractivity contribution < 1.29 is 4.79 Å². The predicted molar refractivity (Wildman–Crippen MR) is 81.1 cm³/mol. The third-order valence-electron chi connectivity index (χ3n) is 5.11. The van der Waals surface area contributed by atoms with E-state index >= 15 is 0 Å². The van der Waals surface area contributed by atoms with Crippen molar-refractivity contribution in [3.05, 3.63) is 33.2 Å². The van der Waals surface area contributed by atoms with Crippen LogP contribution in [0.4, 0.5) is 0 Å². The van der Waals surface area contributed by atoms with Crippen molar-refractivity contribution in [3.8, 4) is 0 Å².